The van der Waals surface area contributed by atoms with Crippen molar-refractivity contribution in [2.24, 2.45) is 11.7 Å². The van der Waals surface area contributed by atoms with Gasteiger partial charge in [-0.25, -0.2) is 0 Å². The summed E-state index contributed by atoms with van der Waals surface area (Å²) in [5.41, 5.74) is 7.52. The fraction of sp³-hybridized carbons (Fsp3) is 0.625. The average Bonchev–Trinajstić information content (AvgIpc) is 2.40. The Labute approximate surface area is 111 Å². The van der Waals surface area contributed by atoms with Crippen LogP contribution in [0.15, 0.2) is 30.3 Å². The highest BCUT2D eigenvalue weighted by Crippen LogP contribution is 2.41. The normalized spacial score (nSPS) is 28.6. The fourth-order valence-electron chi connectivity index (χ4n) is 3.08. The second kappa shape index (κ2) is 5.85. The molecule has 100 valence electrons. The molecule has 1 aliphatic rings. The topological polar surface area (TPSA) is 35.2 Å². The van der Waals surface area contributed by atoms with Crippen LogP contribution in [0.25, 0.3) is 0 Å². The van der Waals surface area contributed by atoms with Gasteiger partial charge in [0.25, 0.3) is 0 Å². The fourth-order valence-corrected chi connectivity index (χ4v) is 3.08. The van der Waals surface area contributed by atoms with Crippen LogP contribution in [0.4, 0.5) is 0 Å². The van der Waals surface area contributed by atoms with E-state index in [4.69, 9.17) is 10.5 Å². The quantitative estimate of drug-likeness (QED) is 0.887. The first kappa shape index (κ1) is 13.6. The van der Waals surface area contributed by atoms with E-state index in [1.807, 2.05) is 0 Å². The largest absolute Gasteiger partial charge is 0.378 e. The van der Waals surface area contributed by atoms with Gasteiger partial charge < -0.3 is 10.5 Å². The first-order valence-electron chi connectivity index (χ1n) is 7.05. The van der Waals surface area contributed by atoms with E-state index < -0.39 is 0 Å². The molecule has 2 heteroatoms. The maximum absolute atomic E-state index is 5.92. The Kier molecular flexibility index (Phi) is 4.41. The summed E-state index contributed by atoms with van der Waals surface area (Å²) in [6.07, 6.45) is 3.62. The van der Waals surface area contributed by atoms with Gasteiger partial charge in [-0.3, -0.25) is 0 Å². The lowest BCUT2D eigenvalue weighted by Crippen LogP contribution is -2.42. The summed E-state index contributed by atoms with van der Waals surface area (Å²) in [6.45, 7) is 6.10. The molecular weight excluding hydrogens is 222 g/mol. The molecule has 2 nitrogen and oxygen atoms in total. The van der Waals surface area contributed by atoms with Gasteiger partial charge in [0.2, 0.25) is 0 Å². The molecule has 18 heavy (non-hydrogen) atoms. The highest BCUT2D eigenvalue weighted by Gasteiger charge is 2.38. The zero-order chi connectivity index (χ0) is 13.0. The van der Waals surface area contributed by atoms with Gasteiger partial charge >= 0.3 is 0 Å². The monoisotopic (exact) mass is 247 g/mol. The van der Waals surface area contributed by atoms with Crippen LogP contribution >= 0.6 is 0 Å². The lowest BCUT2D eigenvalue weighted by Gasteiger charge is -2.43. The van der Waals surface area contributed by atoms with Gasteiger partial charge in [-0.2, -0.15) is 0 Å². The van der Waals surface area contributed by atoms with Crippen LogP contribution in [-0.4, -0.2) is 19.3 Å². The molecule has 1 saturated heterocycles. The van der Waals surface area contributed by atoms with Crippen LogP contribution in [0.2, 0.25) is 0 Å². The van der Waals surface area contributed by atoms with Crippen molar-refractivity contribution in [1.82, 2.24) is 0 Å². The molecule has 1 heterocycles. The SMILES string of the molecule is CC(C)[C@@H]1C[C@@](CCN)(c2ccccc2)CCO1. The van der Waals surface area contributed by atoms with Crippen molar-refractivity contribution >= 4 is 0 Å². The van der Waals surface area contributed by atoms with Crippen molar-refractivity contribution in [1.29, 1.82) is 0 Å². The molecule has 0 aliphatic carbocycles. The Morgan fingerprint density at radius 2 is 2.06 bits per heavy atom. The Hall–Kier alpha value is -0.860. The maximum atomic E-state index is 5.92. The van der Waals surface area contributed by atoms with Crippen LogP contribution in [0, 0.1) is 5.92 Å². The molecule has 0 saturated carbocycles. The molecule has 2 rings (SSSR count). The minimum Gasteiger partial charge on any atom is -0.378 e. The minimum atomic E-state index is 0.225. The predicted octanol–water partition coefficient (Wildman–Crippen LogP) is 3.11. The Morgan fingerprint density at radius 1 is 1.33 bits per heavy atom. The molecule has 0 radical (unpaired) electrons. The third kappa shape index (κ3) is 2.76. The van der Waals surface area contributed by atoms with E-state index in [0.29, 0.717) is 12.0 Å². The Bertz CT molecular complexity index is 359. The van der Waals surface area contributed by atoms with Crippen LogP contribution in [0.3, 0.4) is 0 Å². The summed E-state index contributed by atoms with van der Waals surface area (Å²) in [5, 5.41) is 0. The molecule has 1 aliphatic heterocycles. The van der Waals surface area contributed by atoms with Crippen LogP contribution in [-0.2, 0) is 10.2 Å². The third-order valence-electron chi connectivity index (χ3n) is 4.26. The first-order valence-corrected chi connectivity index (χ1v) is 7.05. The van der Waals surface area contributed by atoms with E-state index in [-0.39, 0.29) is 5.41 Å². The summed E-state index contributed by atoms with van der Waals surface area (Å²) in [5.74, 6) is 0.575. The number of benzene rings is 1. The third-order valence-corrected chi connectivity index (χ3v) is 4.26. The van der Waals surface area contributed by atoms with E-state index in [9.17, 15) is 0 Å². The van der Waals surface area contributed by atoms with Gasteiger partial charge in [-0.15, -0.1) is 0 Å². The molecule has 1 fully saturated rings. The number of nitrogens with two attached hydrogens (primary N) is 1. The zero-order valence-corrected chi connectivity index (χ0v) is 11.6. The second-order valence-electron chi connectivity index (χ2n) is 5.79. The highest BCUT2D eigenvalue weighted by atomic mass is 16.5. The van der Waals surface area contributed by atoms with Crippen molar-refractivity contribution in [3.63, 3.8) is 0 Å². The van der Waals surface area contributed by atoms with E-state index in [1.165, 1.54) is 5.56 Å². The molecule has 0 aromatic heterocycles. The molecule has 1 aromatic rings. The Balaban J connectivity index is 2.26. The van der Waals surface area contributed by atoms with Crippen LogP contribution in [0.1, 0.15) is 38.7 Å². The van der Waals surface area contributed by atoms with Gasteiger partial charge in [0.05, 0.1) is 6.10 Å². The lowest BCUT2D eigenvalue weighted by atomic mass is 9.69. The van der Waals surface area contributed by atoms with Gasteiger partial charge in [0.1, 0.15) is 0 Å². The van der Waals surface area contributed by atoms with Crippen molar-refractivity contribution in [2.75, 3.05) is 13.2 Å². The molecule has 2 N–H and O–H groups in total. The van der Waals surface area contributed by atoms with E-state index >= 15 is 0 Å². The maximum Gasteiger partial charge on any atom is 0.0606 e. The number of hydrogen-bond acceptors (Lipinski definition) is 2. The zero-order valence-electron chi connectivity index (χ0n) is 11.6. The smallest absolute Gasteiger partial charge is 0.0606 e. The van der Waals surface area contributed by atoms with E-state index in [1.54, 1.807) is 0 Å². The molecular formula is C16H25NO. The van der Waals surface area contributed by atoms with Gasteiger partial charge in [-0.1, -0.05) is 44.2 Å². The van der Waals surface area contributed by atoms with Crippen molar-refractivity contribution in [3.8, 4) is 0 Å². The molecule has 2 atom stereocenters. The average molecular weight is 247 g/mol. The van der Waals surface area contributed by atoms with E-state index in [2.05, 4.69) is 44.2 Å². The van der Waals surface area contributed by atoms with Crippen molar-refractivity contribution in [3.05, 3.63) is 35.9 Å². The highest BCUT2D eigenvalue weighted by molar-refractivity contribution is 5.26. The summed E-state index contributed by atoms with van der Waals surface area (Å²) in [4.78, 5) is 0. The molecule has 1 aromatic carbocycles. The summed E-state index contributed by atoms with van der Waals surface area (Å²) >= 11 is 0. The second-order valence-corrected chi connectivity index (χ2v) is 5.79. The Morgan fingerprint density at radius 3 is 2.67 bits per heavy atom. The van der Waals surface area contributed by atoms with Gasteiger partial charge in [0, 0.05) is 12.0 Å². The minimum absolute atomic E-state index is 0.225. The van der Waals surface area contributed by atoms with Crippen LogP contribution < -0.4 is 5.73 Å². The van der Waals surface area contributed by atoms with E-state index in [0.717, 1.165) is 32.4 Å². The molecule has 0 spiro atoms. The lowest BCUT2D eigenvalue weighted by molar-refractivity contribution is -0.0465. The van der Waals surface area contributed by atoms with Crippen molar-refractivity contribution < 1.29 is 4.74 Å². The predicted molar refractivity (Wildman–Crippen MR) is 75.6 cm³/mol. The first-order chi connectivity index (χ1) is 8.68. The van der Waals surface area contributed by atoms with Gasteiger partial charge in [-0.05, 0) is 37.3 Å². The molecule has 0 amide bonds. The van der Waals surface area contributed by atoms with Gasteiger partial charge in [0.15, 0.2) is 0 Å². The molecule has 0 unspecified atom stereocenters. The summed E-state index contributed by atoms with van der Waals surface area (Å²) in [7, 11) is 0. The van der Waals surface area contributed by atoms with Crippen molar-refractivity contribution in [2.45, 2.75) is 44.6 Å². The number of rotatable bonds is 4. The van der Waals surface area contributed by atoms with Crippen LogP contribution in [0.5, 0.6) is 0 Å². The molecule has 0 bridgehead atoms. The summed E-state index contributed by atoms with van der Waals surface area (Å²) < 4.78 is 5.92. The standard InChI is InChI=1S/C16H25NO/c1-13(2)15-12-16(8-10-17,9-11-18-15)14-6-4-3-5-7-14/h3-7,13,15H,8-12,17H2,1-2H3/t15-,16-/m0/s1. The number of ether oxygens (including phenoxy) is 1. The summed E-state index contributed by atoms with van der Waals surface area (Å²) in [6, 6.07) is 10.8. The number of hydrogen-bond donors (Lipinski definition) is 1.